The summed E-state index contributed by atoms with van der Waals surface area (Å²) in [6.07, 6.45) is 3.93. The van der Waals surface area contributed by atoms with E-state index in [0.717, 1.165) is 17.0 Å². The van der Waals surface area contributed by atoms with Crippen LogP contribution in [0.4, 0.5) is 5.69 Å². The summed E-state index contributed by atoms with van der Waals surface area (Å²) in [5.74, 6) is -0.0466. The van der Waals surface area contributed by atoms with Gasteiger partial charge in [-0.25, -0.2) is 0 Å². The van der Waals surface area contributed by atoms with Crippen LogP contribution in [0.15, 0.2) is 29.2 Å². The highest BCUT2D eigenvalue weighted by Gasteiger charge is 2.29. The largest absolute Gasteiger partial charge is 0.344 e. The third-order valence-electron chi connectivity index (χ3n) is 3.42. The van der Waals surface area contributed by atoms with Gasteiger partial charge in [-0.2, -0.15) is 0 Å². The summed E-state index contributed by atoms with van der Waals surface area (Å²) < 4.78 is 0. The highest BCUT2D eigenvalue weighted by molar-refractivity contribution is 7.98. The van der Waals surface area contributed by atoms with Gasteiger partial charge in [-0.3, -0.25) is 9.59 Å². The molecule has 5 heteroatoms. The number of carbonyl (C=O) groups is 2. The number of hydrogen-bond donors (Lipinski definition) is 1. The fraction of sp³-hybridized carbons (Fsp3) is 0.467. The number of nitrogens with one attached hydrogen (secondary N) is 1. The fourth-order valence-corrected chi connectivity index (χ4v) is 2.75. The number of thioether (sulfide) groups is 1. The molecule has 0 radical (unpaired) electrons. The summed E-state index contributed by atoms with van der Waals surface area (Å²) in [5, 5.41) is 2.82. The van der Waals surface area contributed by atoms with Crippen LogP contribution in [0.5, 0.6) is 0 Å². The first-order valence-electron chi connectivity index (χ1n) is 6.90. The second kappa shape index (κ2) is 6.79. The van der Waals surface area contributed by atoms with E-state index in [2.05, 4.69) is 5.32 Å². The third-order valence-corrected chi connectivity index (χ3v) is 4.17. The first kappa shape index (κ1) is 14.9. The predicted octanol–water partition coefficient (Wildman–Crippen LogP) is 2.43. The summed E-state index contributed by atoms with van der Waals surface area (Å²) in [6, 6.07) is 7.51. The maximum atomic E-state index is 12.5. The van der Waals surface area contributed by atoms with E-state index in [4.69, 9.17) is 0 Å². The average Bonchev–Trinajstić information content (AvgIpc) is 2.60. The molecule has 108 valence electrons. The molecule has 1 heterocycles. The molecule has 1 atom stereocenters. The molecule has 0 aliphatic carbocycles. The van der Waals surface area contributed by atoms with Crippen LogP contribution >= 0.6 is 11.8 Å². The van der Waals surface area contributed by atoms with Crippen molar-refractivity contribution in [3.05, 3.63) is 24.3 Å². The van der Waals surface area contributed by atoms with Gasteiger partial charge >= 0.3 is 0 Å². The summed E-state index contributed by atoms with van der Waals surface area (Å²) in [4.78, 5) is 27.1. The van der Waals surface area contributed by atoms with Gasteiger partial charge in [0.15, 0.2) is 0 Å². The van der Waals surface area contributed by atoms with Crippen molar-refractivity contribution in [2.45, 2.75) is 37.1 Å². The van der Waals surface area contributed by atoms with Gasteiger partial charge in [0.25, 0.3) is 0 Å². The Labute approximate surface area is 123 Å². The molecule has 1 aromatic carbocycles. The minimum Gasteiger partial charge on any atom is -0.344 e. The van der Waals surface area contributed by atoms with Gasteiger partial charge in [0.2, 0.25) is 11.8 Å². The molecule has 1 saturated heterocycles. The fourth-order valence-electron chi connectivity index (χ4n) is 2.34. The number of anilines is 1. The Hall–Kier alpha value is -1.49. The van der Waals surface area contributed by atoms with Gasteiger partial charge in [0.1, 0.15) is 6.04 Å². The SMILES string of the molecule is CCCC1NC(=O)CCN(c2ccc(SC)cc2)C1=O. The van der Waals surface area contributed by atoms with Crippen molar-refractivity contribution >= 4 is 29.3 Å². The Morgan fingerprint density at radius 2 is 2.00 bits per heavy atom. The minimum atomic E-state index is -0.393. The molecule has 0 bridgehead atoms. The molecule has 20 heavy (non-hydrogen) atoms. The standard InChI is InChI=1S/C15H20N2O2S/c1-3-4-13-15(19)17(10-9-14(18)16-13)11-5-7-12(20-2)8-6-11/h5-8,13H,3-4,9-10H2,1-2H3,(H,16,18). The number of benzene rings is 1. The van der Waals surface area contributed by atoms with Crippen molar-refractivity contribution in [1.29, 1.82) is 0 Å². The van der Waals surface area contributed by atoms with Gasteiger partial charge in [-0.15, -0.1) is 11.8 Å². The van der Waals surface area contributed by atoms with E-state index in [9.17, 15) is 9.59 Å². The lowest BCUT2D eigenvalue weighted by Crippen LogP contribution is -2.44. The number of rotatable bonds is 4. The normalized spacial score (nSPS) is 19.7. The topological polar surface area (TPSA) is 49.4 Å². The summed E-state index contributed by atoms with van der Waals surface area (Å²) in [5.41, 5.74) is 0.866. The molecule has 2 rings (SSSR count). The van der Waals surface area contributed by atoms with E-state index in [1.165, 1.54) is 0 Å². The molecule has 1 fully saturated rings. The predicted molar refractivity (Wildman–Crippen MR) is 82.0 cm³/mol. The zero-order chi connectivity index (χ0) is 14.5. The molecule has 2 amide bonds. The summed E-state index contributed by atoms with van der Waals surface area (Å²) in [6.45, 7) is 2.46. The number of amides is 2. The highest BCUT2D eigenvalue weighted by Crippen LogP contribution is 2.22. The molecular weight excluding hydrogens is 272 g/mol. The van der Waals surface area contributed by atoms with E-state index in [0.29, 0.717) is 19.4 Å². The van der Waals surface area contributed by atoms with E-state index in [-0.39, 0.29) is 11.8 Å². The van der Waals surface area contributed by atoms with Crippen molar-refractivity contribution in [1.82, 2.24) is 5.32 Å². The molecule has 4 nitrogen and oxygen atoms in total. The molecule has 1 aromatic rings. The van der Waals surface area contributed by atoms with Crippen molar-refractivity contribution in [3.8, 4) is 0 Å². The van der Waals surface area contributed by atoms with E-state index >= 15 is 0 Å². The maximum absolute atomic E-state index is 12.5. The zero-order valence-electron chi connectivity index (χ0n) is 11.9. The first-order valence-corrected chi connectivity index (χ1v) is 8.13. The van der Waals surface area contributed by atoms with Crippen LogP contribution in [0.2, 0.25) is 0 Å². The Balaban J connectivity index is 2.23. The van der Waals surface area contributed by atoms with Gasteiger partial charge in [0.05, 0.1) is 0 Å². The molecule has 0 spiro atoms. The molecule has 1 N–H and O–H groups in total. The smallest absolute Gasteiger partial charge is 0.249 e. The van der Waals surface area contributed by atoms with Crippen LogP contribution < -0.4 is 10.2 Å². The number of carbonyl (C=O) groups excluding carboxylic acids is 2. The van der Waals surface area contributed by atoms with Gasteiger partial charge in [-0.1, -0.05) is 13.3 Å². The monoisotopic (exact) mass is 292 g/mol. The van der Waals surface area contributed by atoms with Crippen molar-refractivity contribution in [3.63, 3.8) is 0 Å². The Morgan fingerprint density at radius 3 is 2.60 bits per heavy atom. The van der Waals surface area contributed by atoms with Crippen molar-refractivity contribution in [2.75, 3.05) is 17.7 Å². The number of hydrogen-bond acceptors (Lipinski definition) is 3. The first-order chi connectivity index (χ1) is 9.65. The van der Waals surface area contributed by atoms with Crippen LogP contribution in [0.3, 0.4) is 0 Å². The van der Waals surface area contributed by atoms with Gasteiger partial charge in [0, 0.05) is 23.5 Å². The Bertz CT molecular complexity index is 487. The second-order valence-electron chi connectivity index (χ2n) is 4.85. The van der Waals surface area contributed by atoms with Crippen molar-refractivity contribution < 1.29 is 9.59 Å². The Kier molecular flexibility index (Phi) is 5.06. The lowest BCUT2D eigenvalue weighted by Gasteiger charge is -2.24. The quantitative estimate of drug-likeness (QED) is 0.867. The molecule has 0 aromatic heterocycles. The molecule has 1 aliphatic heterocycles. The molecule has 1 aliphatic rings. The van der Waals surface area contributed by atoms with Crippen LogP contribution in [-0.2, 0) is 9.59 Å². The minimum absolute atomic E-state index is 0.00500. The summed E-state index contributed by atoms with van der Waals surface area (Å²) >= 11 is 1.67. The van der Waals surface area contributed by atoms with Crippen LogP contribution in [-0.4, -0.2) is 30.7 Å². The van der Waals surface area contributed by atoms with Gasteiger partial charge in [-0.05, 0) is 36.9 Å². The number of nitrogens with zero attached hydrogens (tertiary/aromatic N) is 1. The van der Waals surface area contributed by atoms with E-state index < -0.39 is 6.04 Å². The molecule has 0 saturated carbocycles. The second-order valence-corrected chi connectivity index (χ2v) is 5.73. The van der Waals surface area contributed by atoms with Gasteiger partial charge < -0.3 is 10.2 Å². The van der Waals surface area contributed by atoms with Crippen LogP contribution in [0.1, 0.15) is 26.2 Å². The Morgan fingerprint density at radius 1 is 1.30 bits per heavy atom. The third kappa shape index (κ3) is 3.33. The zero-order valence-corrected chi connectivity index (χ0v) is 12.7. The van der Waals surface area contributed by atoms with E-state index in [1.54, 1.807) is 16.7 Å². The highest BCUT2D eigenvalue weighted by atomic mass is 32.2. The van der Waals surface area contributed by atoms with E-state index in [1.807, 2.05) is 37.4 Å². The maximum Gasteiger partial charge on any atom is 0.249 e. The lowest BCUT2D eigenvalue weighted by molar-refractivity contribution is -0.125. The van der Waals surface area contributed by atoms with Crippen LogP contribution in [0, 0.1) is 0 Å². The van der Waals surface area contributed by atoms with Crippen molar-refractivity contribution in [2.24, 2.45) is 0 Å². The summed E-state index contributed by atoms with van der Waals surface area (Å²) in [7, 11) is 0. The lowest BCUT2D eigenvalue weighted by atomic mass is 10.1. The average molecular weight is 292 g/mol. The molecule has 1 unspecified atom stereocenters. The molecular formula is C15H20N2O2S. The van der Waals surface area contributed by atoms with Crippen LogP contribution in [0.25, 0.3) is 0 Å².